The number of phenolic OH excluding ortho intramolecular Hbond substituents is 1. The van der Waals surface area contributed by atoms with Crippen molar-refractivity contribution in [2.75, 3.05) is 13.1 Å². The van der Waals surface area contributed by atoms with Gasteiger partial charge in [-0.15, -0.1) is 0 Å². The number of nitrogens with zero attached hydrogens (tertiary/aromatic N) is 1. The number of fused-ring (bicyclic) bond motifs is 1. The van der Waals surface area contributed by atoms with Crippen molar-refractivity contribution in [3.05, 3.63) is 40.2 Å². The maximum atomic E-state index is 13.1. The monoisotopic (exact) mass is 558 g/mol. The highest BCUT2D eigenvalue weighted by Gasteiger charge is 2.34. The molecule has 0 bridgehead atoms. The number of guanidine groups is 1. The molecule has 2 aromatic rings. The van der Waals surface area contributed by atoms with E-state index in [1.54, 1.807) is 26.0 Å². The molecule has 12 nitrogen and oxygen atoms in total. The zero-order chi connectivity index (χ0) is 30.0. The first-order chi connectivity index (χ1) is 18.7. The van der Waals surface area contributed by atoms with Crippen LogP contribution in [0.5, 0.6) is 5.75 Å². The lowest BCUT2D eigenvalue weighted by atomic mass is 9.79. The fraction of sp³-hybridized carbons (Fsp3) is 0.536. The minimum atomic E-state index is -1.06. The normalized spacial score (nSPS) is 13.1. The van der Waals surface area contributed by atoms with Crippen LogP contribution in [0.15, 0.2) is 38.5 Å². The van der Waals surface area contributed by atoms with Gasteiger partial charge in [-0.05, 0) is 49.8 Å². The fourth-order valence-electron chi connectivity index (χ4n) is 4.20. The van der Waals surface area contributed by atoms with Crippen LogP contribution in [-0.4, -0.2) is 53.8 Å². The molecule has 2 amide bonds. The highest BCUT2D eigenvalue weighted by molar-refractivity contribution is 5.91. The lowest BCUT2D eigenvalue weighted by molar-refractivity contribution is -0.131. The Morgan fingerprint density at radius 3 is 2.45 bits per heavy atom. The number of Topliss-reactive ketones (excluding diaryl/α,β-unsaturated/α-hetero) is 1. The summed E-state index contributed by atoms with van der Waals surface area (Å²) in [5.74, 6) is -1.04. The first-order valence-corrected chi connectivity index (χ1v) is 13.4. The van der Waals surface area contributed by atoms with Crippen LogP contribution in [0, 0.1) is 11.3 Å². The van der Waals surface area contributed by atoms with Gasteiger partial charge in [-0.2, -0.15) is 0 Å². The van der Waals surface area contributed by atoms with Crippen LogP contribution in [0.2, 0.25) is 0 Å². The number of benzene rings is 1. The lowest BCUT2D eigenvalue weighted by Gasteiger charge is -2.27. The molecule has 40 heavy (non-hydrogen) atoms. The predicted octanol–water partition coefficient (Wildman–Crippen LogP) is 1.05. The zero-order valence-electron chi connectivity index (χ0n) is 23.7. The van der Waals surface area contributed by atoms with Gasteiger partial charge in [0.1, 0.15) is 23.2 Å². The molecule has 0 spiro atoms. The maximum Gasteiger partial charge on any atom is 0.339 e. The molecule has 0 radical (unpaired) electrons. The molecule has 0 unspecified atom stereocenters. The van der Waals surface area contributed by atoms with Crippen molar-refractivity contribution in [3.63, 3.8) is 0 Å². The summed E-state index contributed by atoms with van der Waals surface area (Å²) in [5, 5.41) is 15.7. The highest BCUT2D eigenvalue weighted by atomic mass is 16.4. The van der Waals surface area contributed by atoms with E-state index in [4.69, 9.17) is 21.6 Å². The molecule has 1 aromatic carbocycles. The van der Waals surface area contributed by atoms with Gasteiger partial charge < -0.3 is 37.4 Å². The van der Waals surface area contributed by atoms with Gasteiger partial charge in [0, 0.05) is 41.9 Å². The Balaban J connectivity index is 1.98. The molecular formula is C28H42N6O6. The summed E-state index contributed by atoms with van der Waals surface area (Å²) in [4.78, 5) is 55.2. The van der Waals surface area contributed by atoms with Gasteiger partial charge >= 0.3 is 5.63 Å². The fourth-order valence-corrected chi connectivity index (χ4v) is 4.20. The van der Waals surface area contributed by atoms with Crippen molar-refractivity contribution in [1.29, 1.82) is 0 Å². The first kappa shape index (κ1) is 32.3. The third-order valence-electron chi connectivity index (χ3n) is 6.48. The Labute approximate surface area is 233 Å². The average molecular weight is 559 g/mol. The van der Waals surface area contributed by atoms with Gasteiger partial charge in [0.2, 0.25) is 11.8 Å². The van der Waals surface area contributed by atoms with Gasteiger partial charge in [0.25, 0.3) is 0 Å². The first-order valence-electron chi connectivity index (χ1n) is 13.4. The number of hydrogen-bond acceptors (Lipinski definition) is 8. The topological polar surface area (TPSA) is 216 Å². The Morgan fingerprint density at radius 1 is 1.10 bits per heavy atom. The van der Waals surface area contributed by atoms with E-state index >= 15 is 0 Å². The number of aromatic hydroxyl groups is 1. The van der Waals surface area contributed by atoms with E-state index in [1.165, 1.54) is 12.1 Å². The third-order valence-corrected chi connectivity index (χ3v) is 6.48. The summed E-state index contributed by atoms with van der Waals surface area (Å²) in [6, 6.07) is 4.08. The second-order valence-corrected chi connectivity index (χ2v) is 11.1. The third kappa shape index (κ3) is 9.99. The minimum Gasteiger partial charge on any atom is -0.508 e. The Kier molecular flexibility index (Phi) is 11.7. The molecule has 12 heteroatoms. The molecule has 0 aliphatic carbocycles. The summed E-state index contributed by atoms with van der Waals surface area (Å²) < 4.78 is 5.25. The van der Waals surface area contributed by atoms with Crippen LogP contribution in [0.3, 0.4) is 0 Å². The van der Waals surface area contributed by atoms with E-state index in [0.29, 0.717) is 37.7 Å². The van der Waals surface area contributed by atoms with Crippen molar-refractivity contribution in [1.82, 2.24) is 10.6 Å². The number of ketones is 1. The summed E-state index contributed by atoms with van der Waals surface area (Å²) in [6.07, 6.45) is 1.57. The number of nitrogens with two attached hydrogens (primary N) is 3. The molecule has 9 N–H and O–H groups in total. The second kappa shape index (κ2) is 14.5. The number of rotatable bonds is 15. The van der Waals surface area contributed by atoms with E-state index in [2.05, 4.69) is 15.6 Å². The van der Waals surface area contributed by atoms with Crippen molar-refractivity contribution in [3.8, 4) is 5.75 Å². The molecule has 1 heterocycles. The van der Waals surface area contributed by atoms with E-state index in [9.17, 15) is 24.3 Å². The van der Waals surface area contributed by atoms with Crippen molar-refractivity contribution in [2.45, 2.75) is 71.9 Å². The standard InChI is InChI=1S/C28H42N6O6/c1-16(2)11-21(25(38)32-9-5-6-10-33-27(30)31)34-24(37)20(29)15-28(3,4)23(36)13-18-12-17-7-8-19(35)14-22(17)40-26(18)39/h7-8,12,14,16,20-21,35H,5-6,9-11,13,15,29H2,1-4H3,(H,32,38)(H,34,37)(H4,30,31,33)/t20-,21+/m1/s1. The Bertz CT molecular complexity index is 1280. The number of aliphatic imine (C=N–C) groups is 1. The quantitative estimate of drug-likeness (QED) is 0.0795. The van der Waals surface area contributed by atoms with Crippen LogP contribution < -0.4 is 33.5 Å². The summed E-state index contributed by atoms with van der Waals surface area (Å²) in [6.45, 7) is 8.06. The molecule has 1 aromatic heterocycles. The van der Waals surface area contributed by atoms with Crippen LogP contribution in [0.25, 0.3) is 11.0 Å². The van der Waals surface area contributed by atoms with Crippen LogP contribution >= 0.6 is 0 Å². The maximum absolute atomic E-state index is 13.1. The summed E-state index contributed by atoms with van der Waals surface area (Å²) in [7, 11) is 0. The van der Waals surface area contributed by atoms with E-state index in [1.807, 2.05) is 13.8 Å². The summed E-state index contributed by atoms with van der Waals surface area (Å²) >= 11 is 0. The number of carbonyl (C=O) groups excluding carboxylic acids is 3. The smallest absolute Gasteiger partial charge is 0.339 e. The molecular weight excluding hydrogens is 516 g/mol. The average Bonchev–Trinajstić information content (AvgIpc) is 2.85. The molecule has 0 fully saturated rings. The van der Waals surface area contributed by atoms with Crippen molar-refractivity contribution in [2.24, 2.45) is 33.5 Å². The number of nitrogens with one attached hydrogen (secondary N) is 2. The predicted molar refractivity (Wildman–Crippen MR) is 154 cm³/mol. The molecule has 0 aliphatic heterocycles. The SMILES string of the molecule is CC(C)C[C@H](NC(=O)[C@H](N)CC(C)(C)C(=O)Cc1cc2ccc(O)cc2oc1=O)C(=O)NCCCCN=C(N)N. The van der Waals surface area contributed by atoms with Gasteiger partial charge in [-0.1, -0.05) is 27.7 Å². The van der Waals surface area contributed by atoms with Gasteiger partial charge in [0.15, 0.2) is 5.96 Å². The van der Waals surface area contributed by atoms with E-state index < -0.39 is 29.0 Å². The van der Waals surface area contributed by atoms with Gasteiger partial charge in [-0.3, -0.25) is 19.4 Å². The zero-order valence-corrected chi connectivity index (χ0v) is 23.7. The molecule has 0 aliphatic rings. The van der Waals surface area contributed by atoms with E-state index in [-0.39, 0.29) is 53.3 Å². The van der Waals surface area contributed by atoms with Crippen LogP contribution in [0.1, 0.15) is 58.9 Å². The van der Waals surface area contributed by atoms with Crippen molar-refractivity contribution < 1.29 is 23.9 Å². The van der Waals surface area contributed by atoms with Crippen molar-refractivity contribution >= 4 is 34.5 Å². The molecule has 0 saturated heterocycles. The van der Waals surface area contributed by atoms with Gasteiger partial charge in [0.05, 0.1) is 6.04 Å². The van der Waals surface area contributed by atoms with E-state index in [0.717, 1.165) is 0 Å². The Hall–Kier alpha value is -3.93. The Morgan fingerprint density at radius 2 is 1.80 bits per heavy atom. The number of hydrogen-bond donors (Lipinski definition) is 6. The van der Waals surface area contributed by atoms with Crippen LogP contribution in [-0.2, 0) is 20.8 Å². The lowest BCUT2D eigenvalue weighted by Crippen LogP contribution is -2.53. The molecule has 0 saturated carbocycles. The highest BCUT2D eigenvalue weighted by Crippen LogP contribution is 2.26. The van der Waals surface area contributed by atoms with Gasteiger partial charge in [-0.25, -0.2) is 4.79 Å². The summed E-state index contributed by atoms with van der Waals surface area (Å²) in [5.41, 5.74) is 15.4. The number of carbonyl (C=O) groups is 3. The molecule has 2 atom stereocenters. The number of amides is 2. The minimum absolute atomic E-state index is 0.00522. The number of phenols is 1. The molecule has 220 valence electrons. The molecule has 2 rings (SSSR count). The second-order valence-electron chi connectivity index (χ2n) is 11.1. The number of unbranched alkanes of at least 4 members (excludes halogenated alkanes) is 1. The van der Waals surface area contributed by atoms with Crippen LogP contribution in [0.4, 0.5) is 0 Å². The largest absolute Gasteiger partial charge is 0.508 e.